The van der Waals surface area contributed by atoms with E-state index in [0.29, 0.717) is 18.1 Å². The van der Waals surface area contributed by atoms with Crippen molar-refractivity contribution in [3.63, 3.8) is 0 Å². The minimum atomic E-state index is -0.771. The number of benzene rings is 1. The zero-order valence-corrected chi connectivity index (χ0v) is 42.8. The number of carbonyl (C=O) groups excluding carboxylic acids is 5. The zero-order valence-electron chi connectivity index (χ0n) is 41.2. The van der Waals surface area contributed by atoms with Crippen molar-refractivity contribution in [1.29, 1.82) is 0 Å². The summed E-state index contributed by atoms with van der Waals surface area (Å²) in [5.74, 6) is -0.381. The largest absolute Gasteiger partial charge is 0.448 e. The summed E-state index contributed by atoms with van der Waals surface area (Å²) in [6.45, 7) is 20.1. The number of ether oxygens (including phenoxy) is 3. The molecule has 0 aromatic heterocycles. The van der Waals surface area contributed by atoms with Gasteiger partial charge in [-0.05, 0) is 60.3 Å². The van der Waals surface area contributed by atoms with Crippen LogP contribution in [-0.4, -0.2) is 115 Å². The number of aliphatic hydroxyl groups excluding tert-OH is 1. The van der Waals surface area contributed by atoms with Crippen LogP contribution in [0.1, 0.15) is 132 Å². The first-order valence-electron chi connectivity index (χ1n) is 23.5. The maximum absolute atomic E-state index is 14.6. The van der Waals surface area contributed by atoms with E-state index in [1.807, 2.05) is 71.9 Å². The molecule has 0 spiro atoms. The highest BCUT2D eigenvalue weighted by atomic mass is 33.1. The van der Waals surface area contributed by atoms with Crippen molar-refractivity contribution >= 4 is 50.9 Å². The van der Waals surface area contributed by atoms with Gasteiger partial charge in [-0.3, -0.25) is 19.2 Å². The Morgan fingerprint density at radius 3 is 1.97 bits per heavy atom. The van der Waals surface area contributed by atoms with Crippen LogP contribution in [0.3, 0.4) is 0 Å². The van der Waals surface area contributed by atoms with Crippen LogP contribution in [0.15, 0.2) is 30.3 Å². The van der Waals surface area contributed by atoms with Gasteiger partial charge in [0.05, 0.1) is 30.4 Å². The fourth-order valence-corrected chi connectivity index (χ4v) is 11.6. The van der Waals surface area contributed by atoms with Crippen molar-refractivity contribution in [2.45, 2.75) is 151 Å². The summed E-state index contributed by atoms with van der Waals surface area (Å²) in [5.41, 5.74) is 0.772. The molecule has 1 fully saturated rings. The number of methoxy groups -OCH3 is 2. The summed E-state index contributed by atoms with van der Waals surface area (Å²) in [7, 11) is 9.97. The van der Waals surface area contributed by atoms with Crippen LogP contribution in [0.4, 0.5) is 4.79 Å². The third kappa shape index (κ3) is 17.1. The van der Waals surface area contributed by atoms with Gasteiger partial charge >= 0.3 is 6.09 Å². The molecule has 0 aliphatic heterocycles. The monoisotopic (exact) mass is 921 g/mol. The first-order valence-corrected chi connectivity index (χ1v) is 26.0. The van der Waals surface area contributed by atoms with Crippen LogP contribution in [0.25, 0.3) is 0 Å². The molecule has 1 N–H and O–H groups in total. The molecule has 1 aromatic carbocycles. The molecule has 2 rings (SSSR count). The van der Waals surface area contributed by atoms with Crippen molar-refractivity contribution in [3.05, 3.63) is 35.9 Å². The SMILES string of the molecule is CC[C@H](C)[C@@H]([C@@H](CC(=O)C1CCC[C@H]1[C@H](OC)[C@@H](C)C(=O)C[C@H](C)[C@@H](O)c1ccccc1)OC)N(C)C(=O)[C@@H](CC(=O)[C@H](C(C)C)N(C)C(=O)OCCSSCCC(C)C)C(C)C. The van der Waals surface area contributed by atoms with Gasteiger partial charge < -0.3 is 29.1 Å². The molecule has 2 amide bonds. The third-order valence-electron chi connectivity index (χ3n) is 13.5. The first-order chi connectivity index (χ1) is 29.7. The number of ketones is 3. The maximum atomic E-state index is 14.6. The van der Waals surface area contributed by atoms with Gasteiger partial charge in [0, 0.05) is 76.8 Å². The van der Waals surface area contributed by atoms with E-state index < -0.39 is 48.3 Å². The van der Waals surface area contributed by atoms with Crippen molar-refractivity contribution < 1.29 is 43.3 Å². The zero-order chi connectivity index (χ0) is 47.6. The minimum Gasteiger partial charge on any atom is -0.448 e. The van der Waals surface area contributed by atoms with Crippen molar-refractivity contribution in [2.24, 2.45) is 53.3 Å². The molecular formula is C50H84N2O9S2. The number of Topliss-reactive ketones (excluding diaryl/α,β-unsaturated/α-hetero) is 3. The second-order valence-corrected chi connectivity index (χ2v) is 21.9. The van der Waals surface area contributed by atoms with Gasteiger partial charge in [0.15, 0.2) is 5.78 Å². The van der Waals surface area contributed by atoms with Gasteiger partial charge in [-0.15, -0.1) is 0 Å². The summed E-state index contributed by atoms with van der Waals surface area (Å²) in [5, 5.41) is 11.0. The molecular weight excluding hydrogens is 837 g/mol. The summed E-state index contributed by atoms with van der Waals surface area (Å²) in [4.78, 5) is 73.1. The Hall–Kier alpha value is -2.45. The van der Waals surface area contributed by atoms with E-state index in [1.165, 1.54) is 4.90 Å². The Morgan fingerprint density at radius 1 is 0.778 bits per heavy atom. The molecule has 1 aliphatic carbocycles. The standard InChI is InChI=1S/C50H84N2O9S2/c1-15-34(8)46(51(11)49(57)40(32(4)5)29-43(55)45(33(6)7)52(12)50(58)61-25-27-63-62-26-24-31(2)3)44(59-13)30-42(54)38-22-19-23-39(38)48(60-14)36(10)41(53)28-35(9)47(56)37-20-17-16-18-21-37/h16-18,20-21,31-36,38-40,44-48,56H,15,19,22-30H2,1-14H3/t34-,35-,36-,38?,39+,40-,44+,45-,46-,47+,48+/m0/s1. The van der Waals surface area contributed by atoms with Gasteiger partial charge in [0.25, 0.3) is 0 Å². The molecule has 0 heterocycles. The Balaban J connectivity index is 2.20. The summed E-state index contributed by atoms with van der Waals surface area (Å²) < 4.78 is 17.7. The number of aliphatic hydroxyl groups is 1. The van der Waals surface area contributed by atoms with Crippen LogP contribution < -0.4 is 0 Å². The highest BCUT2D eigenvalue weighted by Crippen LogP contribution is 2.41. The average molecular weight is 921 g/mol. The topological polar surface area (TPSA) is 140 Å². The lowest BCUT2D eigenvalue weighted by atomic mass is 9.77. The van der Waals surface area contributed by atoms with E-state index >= 15 is 0 Å². The number of hydrogen-bond acceptors (Lipinski definition) is 11. The van der Waals surface area contributed by atoms with Gasteiger partial charge in [-0.1, -0.05) is 134 Å². The predicted octanol–water partition coefficient (Wildman–Crippen LogP) is 9.98. The van der Waals surface area contributed by atoms with Crippen LogP contribution in [-0.2, 0) is 33.4 Å². The lowest BCUT2D eigenvalue weighted by Crippen LogP contribution is -2.53. The molecule has 11 nitrogen and oxygen atoms in total. The minimum absolute atomic E-state index is 0.00431. The van der Waals surface area contributed by atoms with Crippen molar-refractivity contribution in [1.82, 2.24) is 9.80 Å². The van der Waals surface area contributed by atoms with Crippen LogP contribution >= 0.6 is 21.6 Å². The molecule has 13 heteroatoms. The number of rotatable bonds is 30. The van der Waals surface area contributed by atoms with E-state index in [1.54, 1.807) is 54.8 Å². The van der Waals surface area contributed by atoms with E-state index in [-0.39, 0.29) is 84.6 Å². The number of nitrogens with zero attached hydrogens (tertiary/aromatic N) is 2. The van der Waals surface area contributed by atoms with Gasteiger partial charge in [-0.25, -0.2) is 4.79 Å². The molecule has 63 heavy (non-hydrogen) atoms. The smallest absolute Gasteiger partial charge is 0.410 e. The molecule has 11 atom stereocenters. The van der Waals surface area contributed by atoms with Gasteiger partial charge in [-0.2, -0.15) is 0 Å². The Kier molecular flexibility index (Phi) is 25.7. The van der Waals surface area contributed by atoms with Crippen molar-refractivity contribution in [3.8, 4) is 0 Å². The summed E-state index contributed by atoms with van der Waals surface area (Å²) in [6, 6.07) is 8.13. The first kappa shape index (κ1) is 56.7. The molecule has 1 aromatic rings. The molecule has 0 saturated heterocycles. The number of hydrogen-bond donors (Lipinski definition) is 1. The van der Waals surface area contributed by atoms with E-state index in [0.717, 1.165) is 37.0 Å². The van der Waals surface area contributed by atoms with Crippen LogP contribution in [0, 0.1) is 53.3 Å². The third-order valence-corrected chi connectivity index (χ3v) is 15.9. The highest BCUT2D eigenvalue weighted by Gasteiger charge is 2.45. The predicted molar refractivity (Wildman–Crippen MR) is 257 cm³/mol. The van der Waals surface area contributed by atoms with Gasteiger partial charge in [0.2, 0.25) is 5.91 Å². The molecule has 1 unspecified atom stereocenters. The quantitative estimate of drug-likeness (QED) is 0.0583. The number of carbonyl (C=O) groups is 5. The molecule has 1 aliphatic rings. The molecule has 360 valence electrons. The lowest BCUT2D eigenvalue weighted by molar-refractivity contribution is -0.147. The highest BCUT2D eigenvalue weighted by molar-refractivity contribution is 8.76. The lowest BCUT2D eigenvalue weighted by Gasteiger charge is -2.40. The van der Waals surface area contributed by atoms with E-state index in [4.69, 9.17) is 14.2 Å². The van der Waals surface area contributed by atoms with E-state index in [9.17, 15) is 29.1 Å². The summed E-state index contributed by atoms with van der Waals surface area (Å²) in [6.07, 6.45) is 1.96. The summed E-state index contributed by atoms with van der Waals surface area (Å²) >= 11 is 0. The van der Waals surface area contributed by atoms with Crippen LogP contribution in [0.2, 0.25) is 0 Å². The molecule has 0 bridgehead atoms. The van der Waals surface area contributed by atoms with Gasteiger partial charge in [0.1, 0.15) is 18.2 Å². The number of likely N-dealkylation sites (N-methyl/N-ethyl adjacent to an activating group) is 2. The second kappa shape index (κ2) is 28.6. The van der Waals surface area contributed by atoms with Crippen LogP contribution in [0.5, 0.6) is 0 Å². The average Bonchev–Trinajstić information content (AvgIpc) is 3.74. The molecule has 1 saturated carbocycles. The molecule has 0 radical (unpaired) electrons. The normalized spacial score (nSPS) is 19.8. The maximum Gasteiger partial charge on any atom is 0.410 e. The fraction of sp³-hybridized carbons (Fsp3) is 0.780. The Bertz CT molecular complexity index is 1540. The van der Waals surface area contributed by atoms with E-state index in [2.05, 4.69) is 27.7 Å². The Morgan fingerprint density at radius 2 is 1.41 bits per heavy atom. The fourth-order valence-electron chi connectivity index (χ4n) is 9.41. The Labute approximate surface area is 389 Å². The van der Waals surface area contributed by atoms with Crippen molar-refractivity contribution in [2.75, 3.05) is 46.4 Å². The second-order valence-electron chi connectivity index (χ2n) is 19.2. The number of amides is 2.